The molecule has 0 spiro atoms. The second kappa shape index (κ2) is 7.54. The first-order valence-electron chi connectivity index (χ1n) is 5.87. The van der Waals surface area contributed by atoms with Crippen LogP contribution < -0.4 is 0 Å². The van der Waals surface area contributed by atoms with Gasteiger partial charge in [0.15, 0.2) is 0 Å². The molecule has 0 fully saturated rings. The van der Waals surface area contributed by atoms with Gasteiger partial charge in [0.25, 0.3) is 0 Å². The van der Waals surface area contributed by atoms with Crippen molar-refractivity contribution in [1.82, 2.24) is 0 Å². The summed E-state index contributed by atoms with van der Waals surface area (Å²) in [7, 11) is -2.29. The molecule has 0 atom stereocenters. The van der Waals surface area contributed by atoms with Crippen molar-refractivity contribution in [3.63, 3.8) is 0 Å². The van der Waals surface area contributed by atoms with Crippen LogP contribution >= 0.6 is 0 Å². The maximum atomic E-state index is 14.3. The van der Waals surface area contributed by atoms with Crippen molar-refractivity contribution in [3.05, 3.63) is 0 Å². The largest absolute Gasteiger partial charge is 0.314 e. The van der Waals surface area contributed by atoms with Crippen molar-refractivity contribution in [3.8, 4) is 0 Å². The van der Waals surface area contributed by atoms with Crippen molar-refractivity contribution in [1.29, 1.82) is 0 Å². The van der Waals surface area contributed by atoms with Gasteiger partial charge < -0.3 is 4.11 Å². The lowest BCUT2D eigenvalue weighted by molar-refractivity contribution is 0.683. The van der Waals surface area contributed by atoms with Gasteiger partial charge in [0.05, 0.1) is 0 Å². The molecule has 0 N–H and O–H groups in total. The van der Waals surface area contributed by atoms with Crippen LogP contribution in [0.3, 0.4) is 0 Å². The van der Waals surface area contributed by atoms with E-state index >= 15 is 0 Å². The predicted molar refractivity (Wildman–Crippen MR) is 61.4 cm³/mol. The zero-order chi connectivity index (χ0) is 10.2. The average Bonchev–Trinajstić information content (AvgIpc) is 2.12. The van der Waals surface area contributed by atoms with E-state index < -0.39 is 8.41 Å². The Labute approximate surface area is 84.1 Å². The monoisotopic (exact) mass is 204 g/mol. The summed E-state index contributed by atoms with van der Waals surface area (Å²) in [6.07, 6.45) is 5.54. The molecule has 0 heterocycles. The average molecular weight is 204 g/mol. The van der Waals surface area contributed by atoms with Crippen molar-refractivity contribution in [2.24, 2.45) is 0 Å². The number of halogens is 1. The van der Waals surface area contributed by atoms with E-state index in [1.165, 1.54) is 0 Å². The van der Waals surface area contributed by atoms with E-state index in [-0.39, 0.29) is 0 Å². The summed E-state index contributed by atoms with van der Waals surface area (Å²) in [5.74, 6) is 0. The molecule has 13 heavy (non-hydrogen) atoms. The molecular formula is C11H25FSi. The maximum Gasteiger partial charge on any atom is 0.247 e. The molecule has 0 aromatic heterocycles. The lowest BCUT2D eigenvalue weighted by atomic mass is 10.4. The van der Waals surface area contributed by atoms with Gasteiger partial charge in [-0.1, -0.05) is 52.9 Å². The lowest BCUT2D eigenvalue weighted by Gasteiger charge is -2.21. The first-order valence-corrected chi connectivity index (χ1v) is 8.37. The maximum absolute atomic E-state index is 14.3. The van der Waals surface area contributed by atoms with E-state index in [1.807, 2.05) is 0 Å². The Kier molecular flexibility index (Phi) is 7.63. The summed E-state index contributed by atoms with van der Waals surface area (Å²) in [5, 5.41) is 0. The van der Waals surface area contributed by atoms with E-state index in [0.717, 1.165) is 50.2 Å². The van der Waals surface area contributed by atoms with E-state index in [2.05, 4.69) is 20.8 Å². The van der Waals surface area contributed by atoms with Crippen LogP contribution in [-0.2, 0) is 0 Å². The fourth-order valence-electron chi connectivity index (χ4n) is 1.81. The van der Waals surface area contributed by atoms with Gasteiger partial charge in [-0.2, -0.15) is 0 Å². The van der Waals surface area contributed by atoms with Crippen molar-refractivity contribution >= 4 is 8.41 Å². The van der Waals surface area contributed by atoms with E-state index in [9.17, 15) is 4.11 Å². The first kappa shape index (κ1) is 13.1. The highest BCUT2D eigenvalue weighted by Crippen LogP contribution is 2.28. The van der Waals surface area contributed by atoms with Crippen LogP contribution in [0.4, 0.5) is 4.11 Å². The molecule has 0 radical (unpaired) electrons. The van der Waals surface area contributed by atoms with Gasteiger partial charge in [-0.3, -0.25) is 0 Å². The Hall–Kier alpha value is 0.147. The number of hydrogen-bond donors (Lipinski definition) is 0. The van der Waals surface area contributed by atoms with Crippen molar-refractivity contribution in [2.75, 3.05) is 0 Å². The van der Waals surface area contributed by atoms with Crippen LogP contribution in [0.15, 0.2) is 0 Å². The van der Waals surface area contributed by atoms with Gasteiger partial charge in [0.1, 0.15) is 0 Å². The molecular weight excluding hydrogens is 179 g/mol. The quantitative estimate of drug-likeness (QED) is 0.389. The van der Waals surface area contributed by atoms with Crippen LogP contribution in [0, 0.1) is 0 Å². The molecule has 0 aliphatic heterocycles. The summed E-state index contributed by atoms with van der Waals surface area (Å²) in [4.78, 5) is 0. The number of rotatable bonds is 8. The predicted octanol–water partition coefficient (Wildman–Crippen LogP) is 4.91. The Balaban J connectivity index is 3.84. The van der Waals surface area contributed by atoms with Crippen LogP contribution in [0.1, 0.15) is 52.9 Å². The Morgan fingerprint density at radius 3 is 1.54 bits per heavy atom. The number of unbranched alkanes of at least 4 members (excludes halogenated alkanes) is 2. The smallest absolute Gasteiger partial charge is 0.247 e. The topological polar surface area (TPSA) is 0 Å². The van der Waals surface area contributed by atoms with Crippen LogP contribution in [0.2, 0.25) is 18.1 Å². The lowest BCUT2D eigenvalue weighted by Crippen LogP contribution is -2.27. The number of hydrogen-bond acceptors (Lipinski definition) is 0. The third-order valence-electron chi connectivity index (χ3n) is 2.65. The zero-order valence-electron chi connectivity index (χ0n) is 9.53. The molecule has 0 saturated carbocycles. The minimum absolute atomic E-state index is 0.896. The molecule has 0 bridgehead atoms. The third kappa shape index (κ3) is 6.25. The molecule has 0 unspecified atom stereocenters. The summed E-state index contributed by atoms with van der Waals surface area (Å²) in [6, 6.07) is 2.72. The highest BCUT2D eigenvalue weighted by molar-refractivity contribution is 6.73. The summed E-state index contributed by atoms with van der Waals surface area (Å²) in [5.41, 5.74) is 0. The third-order valence-corrected chi connectivity index (χ3v) is 6.55. The van der Waals surface area contributed by atoms with Gasteiger partial charge in [0, 0.05) is 0 Å². The standard InChI is InChI=1S/C11H25FSi/c1-4-7-10-13(12,9-6-3)11-8-5-2/h4-11H2,1-3H3. The van der Waals surface area contributed by atoms with Gasteiger partial charge in [-0.15, -0.1) is 0 Å². The van der Waals surface area contributed by atoms with Gasteiger partial charge in [-0.05, 0) is 18.1 Å². The molecule has 80 valence electrons. The van der Waals surface area contributed by atoms with E-state index in [0.29, 0.717) is 0 Å². The van der Waals surface area contributed by atoms with Gasteiger partial charge in [0.2, 0.25) is 8.41 Å². The Morgan fingerprint density at radius 2 is 1.23 bits per heavy atom. The summed E-state index contributed by atoms with van der Waals surface area (Å²) < 4.78 is 14.3. The highest BCUT2D eigenvalue weighted by atomic mass is 28.4. The molecule has 0 nitrogen and oxygen atoms in total. The Bertz CT molecular complexity index is 107. The minimum atomic E-state index is -2.29. The van der Waals surface area contributed by atoms with E-state index in [4.69, 9.17) is 0 Å². The van der Waals surface area contributed by atoms with E-state index in [1.54, 1.807) is 0 Å². The summed E-state index contributed by atoms with van der Waals surface area (Å²) in [6.45, 7) is 6.42. The molecule has 0 aliphatic carbocycles. The molecule has 0 aromatic carbocycles. The molecule has 2 heteroatoms. The fourth-order valence-corrected chi connectivity index (χ4v) is 5.43. The molecule has 0 amide bonds. The van der Waals surface area contributed by atoms with Crippen molar-refractivity contribution < 1.29 is 4.11 Å². The van der Waals surface area contributed by atoms with Crippen LogP contribution in [0.25, 0.3) is 0 Å². The van der Waals surface area contributed by atoms with Gasteiger partial charge in [-0.25, -0.2) is 0 Å². The SMILES string of the molecule is CCCC[Si](F)(CCC)CCCC. The fraction of sp³-hybridized carbons (Fsp3) is 1.00. The molecule has 0 saturated heterocycles. The second-order valence-electron chi connectivity index (χ2n) is 4.11. The molecule has 0 rings (SSSR count). The van der Waals surface area contributed by atoms with Crippen LogP contribution in [0.5, 0.6) is 0 Å². The second-order valence-corrected chi connectivity index (χ2v) is 7.91. The first-order chi connectivity index (χ1) is 6.18. The highest BCUT2D eigenvalue weighted by Gasteiger charge is 2.31. The Morgan fingerprint density at radius 1 is 0.769 bits per heavy atom. The minimum Gasteiger partial charge on any atom is -0.314 e. The molecule has 0 aromatic rings. The zero-order valence-corrected chi connectivity index (χ0v) is 10.5. The van der Waals surface area contributed by atoms with Crippen molar-refractivity contribution in [2.45, 2.75) is 71.0 Å². The van der Waals surface area contributed by atoms with Gasteiger partial charge >= 0.3 is 0 Å². The summed E-state index contributed by atoms with van der Waals surface area (Å²) >= 11 is 0. The van der Waals surface area contributed by atoms with Crippen LogP contribution in [-0.4, -0.2) is 8.41 Å². The normalized spacial score (nSPS) is 12.0. The molecule has 0 aliphatic rings.